The molecule has 0 aromatic heterocycles. The van der Waals surface area contributed by atoms with Crippen molar-refractivity contribution in [2.45, 2.75) is 31.9 Å². The minimum atomic E-state index is -0.321. The molecule has 1 atom stereocenters. The highest BCUT2D eigenvalue weighted by Gasteiger charge is 2.12. The molecule has 0 bridgehead atoms. The zero-order valence-electron chi connectivity index (χ0n) is 13.8. The van der Waals surface area contributed by atoms with E-state index in [0.717, 1.165) is 44.7 Å². The molecule has 0 fully saturated rings. The number of aliphatic hydroxyl groups excluding tert-OH is 1. The van der Waals surface area contributed by atoms with E-state index in [-0.39, 0.29) is 6.10 Å². The third kappa shape index (κ3) is 7.59. The van der Waals surface area contributed by atoms with Gasteiger partial charge in [-0.2, -0.15) is 0 Å². The number of allylic oxidation sites excluding steroid dienone is 1. The highest BCUT2D eigenvalue weighted by Crippen LogP contribution is 2.14. The van der Waals surface area contributed by atoms with Crippen LogP contribution in [0.5, 0.6) is 5.75 Å². The van der Waals surface area contributed by atoms with Crippen molar-refractivity contribution in [3.05, 3.63) is 42.5 Å². The quantitative estimate of drug-likeness (QED) is 0.476. The lowest BCUT2D eigenvalue weighted by molar-refractivity contribution is 0.0941. The van der Waals surface area contributed by atoms with E-state index in [1.165, 1.54) is 5.56 Å². The first-order valence-electron chi connectivity index (χ1n) is 7.82. The Bertz CT molecular complexity index is 405. The Hall–Kier alpha value is -1.36. The van der Waals surface area contributed by atoms with Crippen molar-refractivity contribution in [3.8, 4) is 5.75 Å². The Morgan fingerprint density at radius 3 is 2.59 bits per heavy atom. The molecule has 4 heteroatoms. The summed E-state index contributed by atoms with van der Waals surface area (Å²) >= 11 is 0. The van der Waals surface area contributed by atoms with E-state index in [1.54, 1.807) is 14.2 Å². The van der Waals surface area contributed by atoms with Crippen molar-refractivity contribution in [2.24, 2.45) is 0 Å². The van der Waals surface area contributed by atoms with Crippen LogP contribution in [-0.4, -0.2) is 50.0 Å². The lowest BCUT2D eigenvalue weighted by Gasteiger charge is -2.25. The van der Waals surface area contributed by atoms with Crippen LogP contribution < -0.4 is 4.74 Å². The summed E-state index contributed by atoms with van der Waals surface area (Å²) in [5.41, 5.74) is 1.22. The first-order chi connectivity index (χ1) is 10.7. The molecule has 0 aliphatic heterocycles. The Labute approximate surface area is 134 Å². The zero-order chi connectivity index (χ0) is 16.2. The van der Waals surface area contributed by atoms with Crippen molar-refractivity contribution in [2.75, 3.05) is 33.9 Å². The third-order valence-corrected chi connectivity index (χ3v) is 3.56. The van der Waals surface area contributed by atoms with Gasteiger partial charge < -0.3 is 14.6 Å². The van der Waals surface area contributed by atoms with E-state index in [0.29, 0.717) is 6.54 Å². The summed E-state index contributed by atoms with van der Waals surface area (Å²) in [5, 5.41) is 10.1. The summed E-state index contributed by atoms with van der Waals surface area (Å²) in [4.78, 5) is 2.27. The minimum absolute atomic E-state index is 0.321. The van der Waals surface area contributed by atoms with Crippen LogP contribution in [0.1, 0.15) is 24.8 Å². The fourth-order valence-corrected chi connectivity index (χ4v) is 2.36. The molecule has 1 unspecified atom stereocenters. The van der Waals surface area contributed by atoms with Crippen molar-refractivity contribution in [3.63, 3.8) is 0 Å². The summed E-state index contributed by atoms with van der Waals surface area (Å²) in [5.74, 6) is 0.862. The lowest BCUT2D eigenvalue weighted by atomic mass is 10.1. The van der Waals surface area contributed by atoms with E-state index in [1.807, 2.05) is 18.2 Å². The third-order valence-electron chi connectivity index (χ3n) is 3.56. The van der Waals surface area contributed by atoms with E-state index in [4.69, 9.17) is 9.47 Å². The monoisotopic (exact) mass is 307 g/mol. The second-order valence-corrected chi connectivity index (χ2v) is 5.45. The van der Waals surface area contributed by atoms with E-state index >= 15 is 0 Å². The van der Waals surface area contributed by atoms with Crippen LogP contribution in [0.3, 0.4) is 0 Å². The molecule has 0 saturated carbocycles. The van der Waals surface area contributed by atoms with Crippen LogP contribution in [-0.2, 0) is 11.3 Å². The molecule has 124 valence electrons. The standard InChI is InChI=1S/C18H29NO3/c1-4-5-7-17(20)15-19(12-6-13-21-2)14-16-8-10-18(22-3)11-9-16/h4,8-11,17,20H,1,5-7,12-15H2,2-3H3. The lowest BCUT2D eigenvalue weighted by Crippen LogP contribution is -2.33. The number of ether oxygens (including phenoxy) is 2. The normalized spacial score (nSPS) is 12.4. The maximum Gasteiger partial charge on any atom is 0.118 e. The molecule has 0 radical (unpaired) electrons. The molecule has 0 saturated heterocycles. The molecule has 1 rings (SSSR count). The predicted octanol–water partition coefficient (Wildman–Crippen LogP) is 2.86. The molecule has 1 N–H and O–H groups in total. The number of methoxy groups -OCH3 is 2. The van der Waals surface area contributed by atoms with Gasteiger partial charge >= 0.3 is 0 Å². The Morgan fingerprint density at radius 1 is 1.27 bits per heavy atom. The topological polar surface area (TPSA) is 41.9 Å². The van der Waals surface area contributed by atoms with Crippen LogP contribution >= 0.6 is 0 Å². The summed E-state index contributed by atoms with van der Waals surface area (Å²) in [6, 6.07) is 8.07. The first kappa shape index (κ1) is 18.7. The van der Waals surface area contributed by atoms with Crippen LogP contribution in [0.25, 0.3) is 0 Å². The Kier molecular flexibility index (Phi) is 9.55. The molecule has 0 aliphatic rings. The van der Waals surface area contributed by atoms with Crippen molar-refractivity contribution in [1.29, 1.82) is 0 Å². The van der Waals surface area contributed by atoms with E-state index in [9.17, 15) is 5.11 Å². The SMILES string of the molecule is C=CCCC(O)CN(CCCOC)Cc1ccc(OC)cc1. The fraction of sp³-hybridized carbons (Fsp3) is 0.556. The maximum atomic E-state index is 10.1. The number of hydrogen-bond donors (Lipinski definition) is 1. The minimum Gasteiger partial charge on any atom is -0.497 e. The van der Waals surface area contributed by atoms with Crippen molar-refractivity contribution < 1.29 is 14.6 Å². The smallest absolute Gasteiger partial charge is 0.118 e. The largest absolute Gasteiger partial charge is 0.497 e. The van der Waals surface area contributed by atoms with Gasteiger partial charge in [-0.15, -0.1) is 6.58 Å². The zero-order valence-corrected chi connectivity index (χ0v) is 13.8. The molecule has 22 heavy (non-hydrogen) atoms. The summed E-state index contributed by atoms with van der Waals surface area (Å²) in [6.45, 7) is 6.84. The van der Waals surface area contributed by atoms with Gasteiger partial charge in [-0.05, 0) is 37.0 Å². The summed E-state index contributed by atoms with van der Waals surface area (Å²) in [6.07, 6.45) is 4.09. The number of rotatable bonds is 12. The Morgan fingerprint density at radius 2 is 2.00 bits per heavy atom. The number of nitrogens with zero attached hydrogens (tertiary/aromatic N) is 1. The van der Waals surface area contributed by atoms with Gasteiger partial charge in [-0.25, -0.2) is 0 Å². The molecule has 1 aromatic carbocycles. The Balaban J connectivity index is 2.56. The molecule has 0 amide bonds. The molecule has 1 aromatic rings. The van der Waals surface area contributed by atoms with Crippen molar-refractivity contribution >= 4 is 0 Å². The first-order valence-corrected chi connectivity index (χ1v) is 7.82. The summed E-state index contributed by atoms with van der Waals surface area (Å²) in [7, 11) is 3.38. The van der Waals surface area contributed by atoms with Gasteiger partial charge in [0.25, 0.3) is 0 Å². The summed E-state index contributed by atoms with van der Waals surface area (Å²) < 4.78 is 10.3. The van der Waals surface area contributed by atoms with Crippen LogP contribution in [0.15, 0.2) is 36.9 Å². The van der Waals surface area contributed by atoms with Crippen LogP contribution in [0.2, 0.25) is 0 Å². The average molecular weight is 307 g/mol. The molecule has 0 aliphatic carbocycles. The van der Waals surface area contributed by atoms with Gasteiger partial charge in [0.05, 0.1) is 13.2 Å². The second-order valence-electron chi connectivity index (χ2n) is 5.45. The number of hydrogen-bond acceptors (Lipinski definition) is 4. The van der Waals surface area contributed by atoms with Gasteiger partial charge in [0, 0.05) is 33.4 Å². The van der Waals surface area contributed by atoms with Crippen LogP contribution in [0, 0.1) is 0 Å². The molecule has 0 spiro atoms. The van der Waals surface area contributed by atoms with Gasteiger partial charge in [0.2, 0.25) is 0 Å². The predicted molar refractivity (Wildman–Crippen MR) is 90.2 cm³/mol. The van der Waals surface area contributed by atoms with Crippen LogP contribution in [0.4, 0.5) is 0 Å². The van der Waals surface area contributed by atoms with Crippen molar-refractivity contribution in [1.82, 2.24) is 4.90 Å². The second kappa shape index (κ2) is 11.2. The van der Waals surface area contributed by atoms with Gasteiger partial charge in [-0.3, -0.25) is 4.90 Å². The molecular formula is C18H29NO3. The van der Waals surface area contributed by atoms with Gasteiger partial charge in [0.1, 0.15) is 5.75 Å². The highest BCUT2D eigenvalue weighted by atomic mass is 16.5. The number of benzene rings is 1. The molecular weight excluding hydrogens is 278 g/mol. The maximum absolute atomic E-state index is 10.1. The molecule has 4 nitrogen and oxygen atoms in total. The van der Waals surface area contributed by atoms with Gasteiger partial charge in [0.15, 0.2) is 0 Å². The number of aliphatic hydroxyl groups is 1. The fourth-order valence-electron chi connectivity index (χ4n) is 2.36. The van der Waals surface area contributed by atoms with E-state index in [2.05, 4.69) is 23.6 Å². The van der Waals surface area contributed by atoms with Gasteiger partial charge in [-0.1, -0.05) is 18.2 Å². The van der Waals surface area contributed by atoms with E-state index < -0.39 is 0 Å². The average Bonchev–Trinajstić information content (AvgIpc) is 2.53. The molecule has 0 heterocycles. The highest BCUT2D eigenvalue weighted by molar-refractivity contribution is 5.27.